The summed E-state index contributed by atoms with van der Waals surface area (Å²) in [6, 6.07) is 0. The van der Waals surface area contributed by atoms with Gasteiger partial charge < -0.3 is 23.8 Å². The molecule has 0 saturated carbocycles. The molecule has 0 spiro atoms. The first kappa shape index (κ1) is 18.5. The number of piperazine rings is 1. The van der Waals surface area contributed by atoms with Crippen LogP contribution >= 0.6 is 24.8 Å². The Morgan fingerprint density at radius 1 is 1.42 bits per heavy atom. The zero-order valence-corrected chi connectivity index (χ0v) is 12.1. The third kappa shape index (κ3) is 22.4. The number of thiocarbonyl (C=S) groups is 1. The summed E-state index contributed by atoms with van der Waals surface area (Å²) in [5.74, 6) is 0. The van der Waals surface area contributed by atoms with Crippen molar-refractivity contribution in [3.63, 3.8) is 0 Å². The average molecular weight is 259 g/mol. The van der Waals surface area contributed by atoms with Crippen LogP contribution in [0.2, 0.25) is 0 Å². The molecule has 0 aromatic rings. The molecular weight excluding hydrogens is 244 g/mol. The molecule has 1 aliphatic heterocycles. The van der Waals surface area contributed by atoms with Gasteiger partial charge in [-0.2, -0.15) is 0 Å². The number of hydrogen-bond acceptors (Lipinski definition) is 2. The predicted molar refractivity (Wildman–Crippen MR) is 58.1 cm³/mol. The van der Waals surface area contributed by atoms with Gasteiger partial charge in [0.1, 0.15) is 4.32 Å². The third-order valence-electron chi connectivity index (χ3n) is 0.893. The van der Waals surface area contributed by atoms with Gasteiger partial charge in [-0.1, -0.05) is 12.2 Å². The van der Waals surface area contributed by atoms with Crippen molar-refractivity contribution in [2.75, 3.05) is 26.2 Å². The Bertz CT molecular complexity index is 83.3. The first-order valence-electron chi connectivity index (χ1n) is 3.06. The average Bonchev–Trinajstić information content (AvgIpc) is 1.90. The molecule has 0 amide bonds. The van der Waals surface area contributed by atoms with Crippen molar-refractivity contribution in [1.29, 1.82) is 0 Å². The zero-order valence-electron chi connectivity index (χ0n) is 7.42. The van der Waals surface area contributed by atoms with E-state index in [1.165, 1.54) is 0 Å². The van der Waals surface area contributed by atoms with Crippen molar-refractivity contribution in [2.45, 2.75) is 0 Å². The number of nitrogens with one attached hydrogen (secondary N) is 1. The van der Waals surface area contributed by atoms with Gasteiger partial charge in [-0.05, 0) is 13.1 Å². The Morgan fingerprint density at radius 3 is 1.83 bits per heavy atom. The van der Waals surface area contributed by atoms with E-state index in [-0.39, 0.29) is 31.2 Å². The summed E-state index contributed by atoms with van der Waals surface area (Å²) >= 11 is 7.65. The van der Waals surface area contributed by atoms with Gasteiger partial charge >= 0.3 is 19.5 Å². The van der Waals surface area contributed by atoms with Gasteiger partial charge in [-0.3, -0.25) is 0 Å². The Labute approximate surface area is 98.4 Å². The largest absolute Gasteiger partial charge is 2.00 e. The van der Waals surface area contributed by atoms with Crippen molar-refractivity contribution in [3.05, 3.63) is 12.7 Å². The summed E-state index contributed by atoms with van der Waals surface area (Å²) in [7, 11) is 0. The Balaban J connectivity index is -0.000000124. The summed E-state index contributed by atoms with van der Waals surface area (Å²) < 4.78 is 0.194. The molecule has 1 aliphatic rings. The van der Waals surface area contributed by atoms with Crippen molar-refractivity contribution in [3.8, 4) is 0 Å². The van der Waals surface area contributed by atoms with Crippen molar-refractivity contribution >= 4 is 29.2 Å². The van der Waals surface area contributed by atoms with Gasteiger partial charge in [0.25, 0.3) is 0 Å². The minimum Gasteiger partial charge on any atom is -0.660 e. The van der Waals surface area contributed by atoms with Crippen molar-refractivity contribution in [1.82, 2.24) is 5.32 Å². The molecule has 0 radical (unpaired) electrons. The van der Waals surface area contributed by atoms with Gasteiger partial charge in [0.2, 0.25) is 0 Å². The van der Waals surface area contributed by atoms with E-state index in [4.69, 9.17) is 5.73 Å². The molecule has 0 atom stereocenters. The van der Waals surface area contributed by atoms with Crippen LogP contribution in [-0.2, 0) is 19.5 Å². The fourth-order valence-electron chi connectivity index (χ4n) is 0.553. The summed E-state index contributed by atoms with van der Waals surface area (Å²) in [6.07, 6.45) is 0. The molecule has 0 aliphatic carbocycles. The van der Waals surface area contributed by atoms with Crippen LogP contribution in [0.4, 0.5) is 0 Å². The molecule has 0 aromatic heterocycles. The van der Waals surface area contributed by atoms with Gasteiger partial charge in [-0.25, -0.2) is 0 Å². The van der Waals surface area contributed by atoms with Crippen LogP contribution in [0.15, 0.2) is 0 Å². The van der Waals surface area contributed by atoms with Crippen LogP contribution in [0.3, 0.4) is 0 Å². The van der Waals surface area contributed by atoms with Gasteiger partial charge in [0.05, 0.1) is 0 Å². The van der Waals surface area contributed by atoms with Crippen molar-refractivity contribution < 1.29 is 19.5 Å². The third-order valence-corrected chi connectivity index (χ3v) is 0.893. The van der Waals surface area contributed by atoms with E-state index in [9.17, 15) is 0 Å². The Hall–Kier alpha value is 0.783. The monoisotopic (exact) mass is 257 g/mol. The number of rotatable bonds is 0. The van der Waals surface area contributed by atoms with E-state index in [1.807, 2.05) is 0 Å². The predicted octanol–water partition coefficient (Wildman–Crippen LogP) is 0.571. The van der Waals surface area contributed by atoms with Crippen LogP contribution in [0.1, 0.15) is 0 Å². The van der Waals surface area contributed by atoms with E-state index in [0.717, 1.165) is 26.2 Å². The molecule has 68 valence electrons. The second-order valence-corrected chi connectivity index (χ2v) is 2.98. The Kier molecular flexibility index (Phi) is 22.1. The minimum atomic E-state index is 0. The first-order chi connectivity index (χ1) is 4.73. The maximum Gasteiger partial charge on any atom is 2.00 e. The molecule has 1 fully saturated rings. The van der Waals surface area contributed by atoms with Gasteiger partial charge in [0.15, 0.2) is 0 Å². The van der Waals surface area contributed by atoms with Crippen LogP contribution in [0, 0.1) is 7.43 Å². The topological polar surface area (TPSA) is 52.2 Å². The van der Waals surface area contributed by atoms with Crippen LogP contribution in [0.25, 0.3) is 5.32 Å². The maximum absolute atomic E-state index is 4.71. The van der Waals surface area contributed by atoms with Crippen LogP contribution in [0.5, 0.6) is 0 Å². The van der Waals surface area contributed by atoms with E-state index in [2.05, 4.69) is 35.5 Å². The number of thiol groups is 1. The number of nitrogens with zero attached hydrogens (tertiary/aromatic N) is 1. The van der Waals surface area contributed by atoms with E-state index in [1.54, 1.807) is 0 Å². The first-order valence-corrected chi connectivity index (χ1v) is 3.91. The Morgan fingerprint density at radius 2 is 1.75 bits per heavy atom. The van der Waals surface area contributed by atoms with Gasteiger partial charge in [0, 0.05) is 0 Å². The summed E-state index contributed by atoms with van der Waals surface area (Å²) in [5.41, 5.74) is 4.71. The molecule has 0 bridgehead atoms. The smallest absolute Gasteiger partial charge is 0.660 e. The standard InChI is InChI=1S/C4H9N2.CH3NS2.CH3.Zn/c1-2-6-4-3-5-1;2-1(3)4;;/h5H,1-4H2;(H3,2,3,4);1H3;/q-1;;-1;+2. The fraction of sp³-hybridized carbons (Fsp3) is 0.667. The number of nitrogens with two attached hydrogens (primary N) is 1. The molecule has 1 saturated heterocycles. The second kappa shape index (κ2) is 14.3. The summed E-state index contributed by atoms with van der Waals surface area (Å²) in [6.45, 7) is 4.19. The van der Waals surface area contributed by atoms with E-state index >= 15 is 0 Å². The quantitative estimate of drug-likeness (QED) is 0.258. The summed E-state index contributed by atoms with van der Waals surface area (Å²) in [4.78, 5) is 0. The second-order valence-electron chi connectivity index (χ2n) is 1.76. The van der Waals surface area contributed by atoms with E-state index < -0.39 is 0 Å². The molecule has 0 unspecified atom stereocenters. The fourth-order valence-corrected chi connectivity index (χ4v) is 0.553. The van der Waals surface area contributed by atoms with Crippen LogP contribution in [-0.4, -0.2) is 30.5 Å². The van der Waals surface area contributed by atoms with Gasteiger partial charge in [-0.15, -0.1) is 25.7 Å². The molecular formula is C6H15N3S2Zn. The molecule has 1 heterocycles. The zero-order chi connectivity index (χ0) is 7.82. The molecule has 6 heteroatoms. The normalized spacial score (nSPS) is 14.1. The van der Waals surface area contributed by atoms with Crippen molar-refractivity contribution in [2.24, 2.45) is 5.73 Å². The SMILES string of the molecule is C1CNCC[N-]1.NC(=S)S.[CH3-].[Zn+2]. The van der Waals surface area contributed by atoms with E-state index in [0.29, 0.717) is 0 Å². The molecule has 12 heavy (non-hydrogen) atoms. The minimum absolute atomic E-state index is 0. The molecule has 3 N–H and O–H groups in total. The molecule has 3 nitrogen and oxygen atoms in total. The molecule has 0 aromatic carbocycles. The number of hydrogen-bond donors (Lipinski definition) is 3. The van der Waals surface area contributed by atoms with Crippen LogP contribution < -0.4 is 11.1 Å². The molecule has 1 rings (SSSR count). The summed E-state index contributed by atoms with van der Waals surface area (Å²) in [5, 5.41) is 7.31. The maximum atomic E-state index is 4.71.